The molecule has 2 unspecified atom stereocenters. The van der Waals surface area contributed by atoms with Gasteiger partial charge in [-0.3, -0.25) is 4.79 Å². The van der Waals surface area contributed by atoms with Crippen LogP contribution in [0.25, 0.3) is 0 Å². The van der Waals surface area contributed by atoms with Gasteiger partial charge < -0.3 is 10.5 Å². The molecule has 1 amide bonds. The van der Waals surface area contributed by atoms with E-state index in [1.807, 2.05) is 0 Å². The molecule has 1 heterocycles. The number of hydrogen-bond donors (Lipinski definition) is 1. The molecule has 1 aliphatic heterocycles. The maximum Gasteiger partial charge on any atom is 0.221 e. The summed E-state index contributed by atoms with van der Waals surface area (Å²) in [5, 5.41) is 4.22. The molecule has 0 aromatic rings. The minimum absolute atomic E-state index is 0.0266. The molecule has 1 aliphatic rings. The van der Waals surface area contributed by atoms with E-state index in [-0.39, 0.29) is 17.9 Å². The molecule has 4 nitrogen and oxygen atoms in total. The summed E-state index contributed by atoms with van der Waals surface area (Å²) in [6.45, 7) is 3.67. The first-order valence-electron chi connectivity index (χ1n) is 3.75. The van der Waals surface area contributed by atoms with Crippen molar-refractivity contribution in [3.05, 3.63) is 0 Å². The Morgan fingerprint density at radius 1 is 1.82 bits per heavy atom. The van der Waals surface area contributed by atoms with Crippen LogP contribution in [0.2, 0.25) is 0 Å². The highest BCUT2D eigenvalue weighted by Crippen LogP contribution is 2.06. The van der Waals surface area contributed by atoms with Gasteiger partial charge in [-0.05, 0) is 0 Å². The number of nitrogens with zero attached hydrogens (tertiary/aromatic N) is 1. The molecule has 4 heteroatoms. The van der Waals surface area contributed by atoms with Gasteiger partial charge in [0.25, 0.3) is 0 Å². The Labute approximate surface area is 66.1 Å². The predicted molar refractivity (Wildman–Crippen MR) is 40.0 cm³/mol. The van der Waals surface area contributed by atoms with Crippen molar-refractivity contribution in [2.75, 3.05) is 19.8 Å². The lowest BCUT2D eigenvalue weighted by Crippen LogP contribution is -2.44. The second-order valence-electron chi connectivity index (χ2n) is 2.74. The zero-order chi connectivity index (χ0) is 8.27. The molecule has 0 aliphatic carbocycles. The Bertz CT molecular complexity index is 143. The molecular formula is C7H13N2O2. The van der Waals surface area contributed by atoms with Gasteiger partial charge in [0.05, 0.1) is 25.2 Å². The van der Waals surface area contributed by atoms with Crippen LogP contribution in [-0.2, 0) is 9.53 Å². The number of nitrogens with two attached hydrogens (primary N) is 1. The number of morpholine rings is 1. The molecule has 1 saturated heterocycles. The fourth-order valence-corrected chi connectivity index (χ4v) is 1.03. The molecule has 1 rings (SSSR count). The van der Waals surface area contributed by atoms with Crippen molar-refractivity contribution < 1.29 is 9.53 Å². The highest BCUT2D eigenvalue weighted by Gasteiger charge is 2.24. The van der Waals surface area contributed by atoms with Crippen molar-refractivity contribution >= 4 is 5.91 Å². The van der Waals surface area contributed by atoms with E-state index in [0.29, 0.717) is 19.8 Å². The van der Waals surface area contributed by atoms with E-state index in [1.165, 1.54) is 0 Å². The first-order chi connectivity index (χ1) is 5.22. The average molecular weight is 157 g/mol. The van der Waals surface area contributed by atoms with E-state index in [4.69, 9.17) is 10.5 Å². The van der Waals surface area contributed by atoms with Crippen molar-refractivity contribution in [3.63, 3.8) is 0 Å². The van der Waals surface area contributed by atoms with E-state index in [2.05, 4.69) is 5.32 Å². The summed E-state index contributed by atoms with van der Waals surface area (Å²) in [6, 6.07) is -0.0266. The fraction of sp³-hybridized carbons (Fsp3) is 0.857. The van der Waals surface area contributed by atoms with Crippen molar-refractivity contribution in [2.24, 2.45) is 11.7 Å². The van der Waals surface area contributed by atoms with E-state index in [0.717, 1.165) is 0 Å². The lowest BCUT2D eigenvalue weighted by atomic mass is 10.0. The minimum atomic E-state index is -0.302. The third kappa shape index (κ3) is 2.17. The van der Waals surface area contributed by atoms with Crippen LogP contribution in [0, 0.1) is 5.92 Å². The molecule has 2 atom stereocenters. The van der Waals surface area contributed by atoms with Crippen molar-refractivity contribution in [2.45, 2.75) is 13.0 Å². The van der Waals surface area contributed by atoms with Crippen LogP contribution in [0.4, 0.5) is 0 Å². The van der Waals surface area contributed by atoms with Gasteiger partial charge >= 0.3 is 0 Å². The summed E-state index contributed by atoms with van der Waals surface area (Å²) in [7, 11) is 0. The van der Waals surface area contributed by atoms with Gasteiger partial charge in [0, 0.05) is 6.54 Å². The van der Waals surface area contributed by atoms with Crippen LogP contribution in [-0.4, -0.2) is 31.7 Å². The Morgan fingerprint density at radius 3 is 3.00 bits per heavy atom. The molecule has 0 aromatic heterocycles. The van der Waals surface area contributed by atoms with Gasteiger partial charge in [0.1, 0.15) is 0 Å². The Kier molecular flexibility index (Phi) is 2.84. The maximum atomic E-state index is 10.7. The van der Waals surface area contributed by atoms with Gasteiger partial charge in [0.2, 0.25) is 5.91 Å². The van der Waals surface area contributed by atoms with E-state index in [9.17, 15) is 4.79 Å². The highest BCUT2D eigenvalue weighted by molar-refractivity contribution is 5.77. The Balaban J connectivity index is 2.38. The largest absolute Gasteiger partial charge is 0.378 e. The molecule has 0 spiro atoms. The lowest BCUT2D eigenvalue weighted by molar-refractivity contribution is -0.123. The summed E-state index contributed by atoms with van der Waals surface area (Å²) in [5.74, 6) is -0.500. The number of primary amides is 1. The zero-order valence-electron chi connectivity index (χ0n) is 6.62. The van der Waals surface area contributed by atoms with E-state index >= 15 is 0 Å². The molecule has 1 radical (unpaired) electrons. The third-order valence-corrected chi connectivity index (χ3v) is 1.91. The smallest absolute Gasteiger partial charge is 0.221 e. The molecule has 1 fully saturated rings. The maximum absolute atomic E-state index is 10.7. The molecule has 0 saturated carbocycles. The number of ether oxygens (including phenoxy) is 1. The average Bonchev–Trinajstić information content (AvgIpc) is 2.05. The van der Waals surface area contributed by atoms with Crippen LogP contribution < -0.4 is 11.1 Å². The predicted octanol–water partition coefficient (Wildman–Crippen LogP) is -0.889. The van der Waals surface area contributed by atoms with Gasteiger partial charge in [-0.25, -0.2) is 5.32 Å². The fourth-order valence-electron chi connectivity index (χ4n) is 1.03. The summed E-state index contributed by atoms with van der Waals surface area (Å²) >= 11 is 0. The quantitative estimate of drug-likeness (QED) is 0.565. The molecule has 0 bridgehead atoms. The summed E-state index contributed by atoms with van der Waals surface area (Å²) in [6.07, 6.45) is 0. The van der Waals surface area contributed by atoms with Gasteiger partial charge in [-0.1, -0.05) is 6.92 Å². The standard InChI is InChI=1S/C7H13N2O2/c1-5(7(8)10)6-4-11-3-2-9-6/h5-6H,2-4H2,1H3,(H2,8,10). The van der Waals surface area contributed by atoms with Crippen molar-refractivity contribution in [1.29, 1.82) is 0 Å². The SMILES string of the molecule is CC(C(N)=O)C1COCC[N]1. The molecule has 2 N–H and O–H groups in total. The van der Waals surface area contributed by atoms with Crippen LogP contribution in [0.5, 0.6) is 0 Å². The summed E-state index contributed by atoms with van der Waals surface area (Å²) in [5.41, 5.74) is 5.11. The van der Waals surface area contributed by atoms with Gasteiger partial charge in [0.15, 0.2) is 0 Å². The molecular weight excluding hydrogens is 144 g/mol. The summed E-state index contributed by atoms with van der Waals surface area (Å²) in [4.78, 5) is 10.7. The Morgan fingerprint density at radius 2 is 2.55 bits per heavy atom. The minimum Gasteiger partial charge on any atom is -0.378 e. The van der Waals surface area contributed by atoms with Crippen LogP contribution in [0.15, 0.2) is 0 Å². The molecule has 0 aromatic carbocycles. The van der Waals surface area contributed by atoms with Crippen molar-refractivity contribution in [1.82, 2.24) is 5.32 Å². The van der Waals surface area contributed by atoms with Crippen LogP contribution in [0.1, 0.15) is 6.92 Å². The monoisotopic (exact) mass is 157 g/mol. The number of rotatable bonds is 2. The Hall–Kier alpha value is -0.610. The van der Waals surface area contributed by atoms with E-state index < -0.39 is 0 Å². The van der Waals surface area contributed by atoms with Gasteiger partial charge in [-0.2, -0.15) is 0 Å². The molecule has 11 heavy (non-hydrogen) atoms. The summed E-state index contributed by atoms with van der Waals surface area (Å²) < 4.78 is 5.15. The highest BCUT2D eigenvalue weighted by atomic mass is 16.5. The normalized spacial score (nSPS) is 27.9. The second-order valence-corrected chi connectivity index (χ2v) is 2.74. The third-order valence-electron chi connectivity index (χ3n) is 1.91. The number of hydrogen-bond acceptors (Lipinski definition) is 2. The first kappa shape index (κ1) is 8.49. The van der Waals surface area contributed by atoms with Crippen LogP contribution in [0.3, 0.4) is 0 Å². The number of amides is 1. The zero-order valence-corrected chi connectivity index (χ0v) is 6.62. The van der Waals surface area contributed by atoms with Gasteiger partial charge in [-0.15, -0.1) is 0 Å². The van der Waals surface area contributed by atoms with Crippen LogP contribution >= 0.6 is 0 Å². The number of carbonyl (C=O) groups is 1. The topological polar surface area (TPSA) is 66.4 Å². The molecule has 63 valence electrons. The lowest BCUT2D eigenvalue weighted by Gasteiger charge is -2.25. The van der Waals surface area contributed by atoms with Crippen molar-refractivity contribution in [3.8, 4) is 0 Å². The second kappa shape index (κ2) is 3.69. The van der Waals surface area contributed by atoms with E-state index in [1.54, 1.807) is 6.92 Å². The first-order valence-corrected chi connectivity index (χ1v) is 3.75. The number of carbonyl (C=O) groups excluding carboxylic acids is 1.